The maximum atomic E-state index is 13.0. The Morgan fingerprint density at radius 1 is 1.00 bits per heavy atom. The molecule has 2 aromatic rings. The van der Waals surface area contributed by atoms with Gasteiger partial charge in [-0.2, -0.15) is 0 Å². The molecule has 0 N–H and O–H groups in total. The van der Waals surface area contributed by atoms with E-state index in [0.29, 0.717) is 0 Å². The number of halogens is 1. The molecule has 0 unspecified atom stereocenters. The van der Waals surface area contributed by atoms with Crippen molar-refractivity contribution in [3.8, 4) is 5.75 Å². The third kappa shape index (κ3) is 2.26. The second kappa shape index (κ2) is 4.54. The van der Waals surface area contributed by atoms with Crippen LogP contribution in [0.5, 0.6) is 5.75 Å². The number of ether oxygens (including phenoxy) is 1. The van der Waals surface area contributed by atoms with Gasteiger partial charge in [0.2, 0.25) is 0 Å². The van der Waals surface area contributed by atoms with E-state index in [1.165, 1.54) is 23.3 Å². The lowest BCUT2D eigenvalue weighted by Gasteiger charge is -2.25. The monoisotopic (exact) mass is 254 g/mol. The molecule has 1 heterocycles. The van der Waals surface area contributed by atoms with Crippen LogP contribution in [-0.4, -0.2) is 0 Å². The van der Waals surface area contributed by atoms with Gasteiger partial charge in [-0.15, -0.1) is 0 Å². The van der Waals surface area contributed by atoms with Crippen LogP contribution in [0.25, 0.3) is 5.57 Å². The summed E-state index contributed by atoms with van der Waals surface area (Å²) in [5.41, 5.74) is 4.46. The molecule has 1 nitrogen and oxygen atoms in total. The molecule has 0 fully saturated rings. The largest absolute Gasteiger partial charge is 0.481 e. The lowest BCUT2D eigenvalue weighted by atomic mass is 9.97. The van der Waals surface area contributed by atoms with Crippen LogP contribution in [0.1, 0.15) is 29.7 Å². The smallest absolute Gasteiger partial charge is 0.143 e. The highest BCUT2D eigenvalue weighted by Gasteiger charge is 2.19. The summed E-state index contributed by atoms with van der Waals surface area (Å²) in [7, 11) is 0. The first kappa shape index (κ1) is 12.0. The molecule has 0 amide bonds. The van der Waals surface area contributed by atoms with E-state index in [2.05, 4.69) is 25.1 Å². The van der Waals surface area contributed by atoms with Crippen molar-refractivity contribution < 1.29 is 9.13 Å². The summed E-state index contributed by atoms with van der Waals surface area (Å²) >= 11 is 0. The Morgan fingerprint density at radius 3 is 2.47 bits per heavy atom. The van der Waals surface area contributed by atoms with Gasteiger partial charge in [0, 0.05) is 5.56 Å². The van der Waals surface area contributed by atoms with Gasteiger partial charge in [0.05, 0.1) is 0 Å². The molecule has 3 rings (SSSR count). The third-order valence-corrected chi connectivity index (χ3v) is 3.42. The summed E-state index contributed by atoms with van der Waals surface area (Å²) in [5.74, 6) is 0.672. The van der Waals surface area contributed by atoms with E-state index in [-0.39, 0.29) is 11.9 Å². The molecule has 2 heteroatoms. The zero-order valence-corrected chi connectivity index (χ0v) is 11.0. The van der Waals surface area contributed by atoms with Gasteiger partial charge in [-0.3, -0.25) is 0 Å². The minimum absolute atomic E-state index is 0.144. The van der Waals surface area contributed by atoms with Gasteiger partial charge in [-0.1, -0.05) is 24.3 Å². The minimum atomic E-state index is -0.225. The van der Waals surface area contributed by atoms with Crippen LogP contribution < -0.4 is 4.74 Å². The lowest BCUT2D eigenvalue weighted by molar-refractivity contribution is 0.250. The zero-order valence-electron chi connectivity index (χ0n) is 11.0. The highest BCUT2D eigenvalue weighted by atomic mass is 19.1. The second-order valence-electron chi connectivity index (χ2n) is 4.94. The van der Waals surface area contributed by atoms with Crippen LogP contribution in [-0.2, 0) is 0 Å². The molecular formula is C17H15FO. The molecule has 96 valence electrons. The molecule has 0 bridgehead atoms. The molecule has 1 aliphatic heterocycles. The van der Waals surface area contributed by atoms with Crippen LogP contribution in [0.4, 0.5) is 4.39 Å². The molecule has 1 aliphatic rings. The Hall–Kier alpha value is -2.09. The molecule has 0 saturated carbocycles. The fraction of sp³-hybridized carbons (Fsp3) is 0.176. The van der Waals surface area contributed by atoms with Crippen molar-refractivity contribution in [2.75, 3.05) is 0 Å². The Balaban J connectivity index is 2.00. The summed E-state index contributed by atoms with van der Waals surface area (Å²) in [6, 6.07) is 12.7. The Bertz CT molecular complexity index is 641. The average Bonchev–Trinajstić information content (AvgIpc) is 2.38. The molecule has 0 spiro atoms. The van der Waals surface area contributed by atoms with Crippen LogP contribution in [0.3, 0.4) is 0 Å². The van der Waals surface area contributed by atoms with Crippen LogP contribution >= 0.6 is 0 Å². The predicted molar refractivity (Wildman–Crippen MR) is 74.6 cm³/mol. The quantitative estimate of drug-likeness (QED) is 0.718. The fourth-order valence-corrected chi connectivity index (χ4v) is 2.36. The number of hydrogen-bond donors (Lipinski definition) is 0. The maximum Gasteiger partial charge on any atom is 0.143 e. The third-order valence-electron chi connectivity index (χ3n) is 3.42. The summed E-state index contributed by atoms with van der Waals surface area (Å²) in [4.78, 5) is 0. The van der Waals surface area contributed by atoms with E-state index in [1.54, 1.807) is 12.1 Å². The van der Waals surface area contributed by atoms with E-state index < -0.39 is 0 Å². The molecule has 0 saturated heterocycles. The van der Waals surface area contributed by atoms with E-state index in [4.69, 9.17) is 4.74 Å². The SMILES string of the molecule is CC1=C[C@H](c2ccc(F)cc2)Oc2cc(C)ccc21. The average molecular weight is 254 g/mol. The van der Waals surface area contributed by atoms with Crippen LogP contribution in [0.15, 0.2) is 48.5 Å². The van der Waals surface area contributed by atoms with Crippen molar-refractivity contribution in [2.45, 2.75) is 20.0 Å². The Labute approximate surface area is 112 Å². The van der Waals surface area contributed by atoms with Gasteiger partial charge in [-0.25, -0.2) is 4.39 Å². The number of aryl methyl sites for hydroxylation is 1. The highest BCUT2D eigenvalue weighted by molar-refractivity contribution is 5.71. The first-order valence-corrected chi connectivity index (χ1v) is 6.35. The molecule has 19 heavy (non-hydrogen) atoms. The highest BCUT2D eigenvalue weighted by Crippen LogP contribution is 2.37. The number of fused-ring (bicyclic) bond motifs is 1. The van der Waals surface area contributed by atoms with Crippen molar-refractivity contribution in [3.05, 3.63) is 71.0 Å². The number of hydrogen-bond acceptors (Lipinski definition) is 1. The number of rotatable bonds is 1. The summed E-state index contributed by atoms with van der Waals surface area (Å²) in [6.45, 7) is 4.12. The van der Waals surface area contributed by atoms with Gasteiger partial charge in [0.25, 0.3) is 0 Å². The van der Waals surface area contributed by atoms with Gasteiger partial charge in [0.15, 0.2) is 0 Å². The van der Waals surface area contributed by atoms with E-state index >= 15 is 0 Å². The molecule has 2 aromatic carbocycles. The van der Waals surface area contributed by atoms with Crippen LogP contribution in [0.2, 0.25) is 0 Å². The summed E-state index contributed by atoms with van der Waals surface area (Å²) in [5, 5.41) is 0. The van der Waals surface area contributed by atoms with Crippen LogP contribution in [0, 0.1) is 12.7 Å². The van der Waals surface area contributed by atoms with Gasteiger partial charge in [-0.05, 0) is 54.8 Å². The molecule has 1 atom stereocenters. The van der Waals surface area contributed by atoms with Gasteiger partial charge < -0.3 is 4.74 Å². The fourth-order valence-electron chi connectivity index (χ4n) is 2.36. The topological polar surface area (TPSA) is 9.23 Å². The van der Waals surface area contributed by atoms with Crippen molar-refractivity contribution in [1.82, 2.24) is 0 Å². The molecule has 0 aliphatic carbocycles. The second-order valence-corrected chi connectivity index (χ2v) is 4.94. The van der Waals surface area contributed by atoms with Crippen molar-refractivity contribution in [3.63, 3.8) is 0 Å². The van der Waals surface area contributed by atoms with Crippen molar-refractivity contribution in [1.29, 1.82) is 0 Å². The Morgan fingerprint density at radius 2 is 1.74 bits per heavy atom. The molecule has 0 aromatic heterocycles. The Kier molecular flexibility index (Phi) is 2.86. The standard InChI is InChI=1S/C17H15FO/c1-11-3-8-15-12(2)10-16(19-17(15)9-11)13-4-6-14(18)7-5-13/h3-10,16H,1-2H3/t16-/m1/s1. The first-order valence-electron chi connectivity index (χ1n) is 6.35. The summed E-state index contributed by atoms with van der Waals surface area (Å²) < 4.78 is 19.0. The van der Waals surface area contributed by atoms with Crippen molar-refractivity contribution >= 4 is 5.57 Å². The number of benzene rings is 2. The molecular weight excluding hydrogens is 239 g/mol. The van der Waals surface area contributed by atoms with Crippen molar-refractivity contribution in [2.24, 2.45) is 0 Å². The summed E-state index contributed by atoms with van der Waals surface area (Å²) in [6.07, 6.45) is 1.93. The van der Waals surface area contributed by atoms with E-state index in [0.717, 1.165) is 16.9 Å². The van der Waals surface area contributed by atoms with E-state index in [9.17, 15) is 4.39 Å². The molecule has 0 radical (unpaired) electrons. The van der Waals surface area contributed by atoms with Gasteiger partial charge >= 0.3 is 0 Å². The predicted octanol–water partition coefficient (Wildman–Crippen LogP) is 4.67. The first-order chi connectivity index (χ1) is 9.13. The van der Waals surface area contributed by atoms with Gasteiger partial charge in [0.1, 0.15) is 17.7 Å². The van der Waals surface area contributed by atoms with E-state index in [1.807, 2.05) is 13.0 Å². The zero-order chi connectivity index (χ0) is 13.4. The lowest BCUT2D eigenvalue weighted by Crippen LogP contribution is -2.11. The maximum absolute atomic E-state index is 13.0. The number of allylic oxidation sites excluding steroid dienone is 1. The normalized spacial score (nSPS) is 17.4. The minimum Gasteiger partial charge on any atom is -0.481 e.